The molecule has 1 fully saturated rings. The van der Waals surface area contributed by atoms with E-state index in [0.29, 0.717) is 19.6 Å². The summed E-state index contributed by atoms with van der Waals surface area (Å²) < 4.78 is 5.44. The van der Waals surface area contributed by atoms with Crippen molar-refractivity contribution in [2.45, 2.75) is 13.5 Å². The number of hydrogen-bond donors (Lipinski definition) is 0. The summed E-state index contributed by atoms with van der Waals surface area (Å²) in [7, 11) is 1.66. The lowest BCUT2D eigenvalue weighted by Crippen LogP contribution is -2.51. The van der Waals surface area contributed by atoms with Crippen LogP contribution < -0.4 is 9.64 Å². The molecule has 0 saturated carbocycles. The molecule has 1 aromatic heterocycles. The van der Waals surface area contributed by atoms with E-state index in [1.54, 1.807) is 24.4 Å². The first-order chi connectivity index (χ1) is 13.6. The number of benzene rings is 1. The Balaban J connectivity index is 1.57. The van der Waals surface area contributed by atoms with E-state index in [2.05, 4.69) is 9.88 Å². The van der Waals surface area contributed by atoms with Crippen molar-refractivity contribution < 1.29 is 14.3 Å². The highest BCUT2D eigenvalue weighted by Gasteiger charge is 2.25. The Morgan fingerprint density at radius 3 is 2.50 bits per heavy atom. The van der Waals surface area contributed by atoms with Crippen molar-refractivity contribution in [1.82, 2.24) is 14.8 Å². The lowest BCUT2D eigenvalue weighted by Gasteiger charge is -2.37. The second kappa shape index (κ2) is 9.21. The van der Waals surface area contributed by atoms with Gasteiger partial charge in [0.1, 0.15) is 12.3 Å². The van der Waals surface area contributed by atoms with Crippen LogP contribution in [0.4, 0.5) is 5.69 Å². The number of para-hydroxylation sites is 2. The second-order valence-electron chi connectivity index (χ2n) is 6.78. The number of anilines is 1. The Hall–Kier alpha value is -3.09. The fraction of sp³-hybridized carbons (Fsp3) is 0.381. The molecule has 0 radical (unpaired) electrons. The predicted octanol–water partition coefficient (Wildman–Crippen LogP) is 1.79. The molecule has 2 aromatic rings. The molecular weight excluding hydrogens is 356 g/mol. The topological polar surface area (TPSA) is 66.0 Å². The van der Waals surface area contributed by atoms with Crippen LogP contribution in [0.5, 0.6) is 5.75 Å². The van der Waals surface area contributed by atoms with Crippen LogP contribution in [0, 0.1) is 0 Å². The number of pyridine rings is 1. The Kier molecular flexibility index (Phi) is 6.47. The van der Waals surface area contributed by atoms with Crippen molar-refractivity contribution in [1.29, 1.82) is 0 Å². The van der Waals surface area contributed by atoms with Crippen LogP contribution in [0.3, 0.4) is 0 Å². The SMILES string of the molecule is COc1ccccc1N1CCN(C(=O)CN(Cc2cccnc2)C(C)=O)CC1. The third-order valence-corrected chi connectivity index (χ3v) is 4.93. The van der Waals surface area contributed by atoms with Gasteiger partial charge in [0.05, 0.1) is 12.8 Å². The van der Waals surface area contributed by atoms with Crippen molar-refractivity contribution in [2.24, 2.45) is 0 Å². The van der Waals surface area contributed by atoms with Gasteiger partial charge < -0.3 is 19.4 Å². The van der Waals surface area contributed by atoms with E-state index in [4.69, 9.17) is 4.74 Å². The molecular formula is C21H26N4O3. The van der Waals surface area contributed by atoms with Crippen LogP contribution in [0.2, 0.25) is 0 Å². The molecule has 0 spiro atoms. The van der Waals surface area contributed by atoms with Crippen LogP contribution in [0.25, 0.3) is 0 Å². The molecule has 148 valence electrons. The molecule has 1 saturated heterocycles. The average Bonchev–Trinajstić information content (AvgIpc) is 2.74. The number of nitrogens with zero attached hydrogens (tertiary/aromatic N) is 4. The molecule has 1 aliphatic rings. The van der Waals surface area contributed by atoms with Gasteiger partial charge >= 0.3 is 0 Å². The number of carbonyl (C=O) groups excluding carboxylic acids is 2. The Bertz CT molecular complexity index is 804. The molecule has 0 bridgehead atoms. The van der Waals surface area contributed by atoms with Crippen LogP contribution >= 0.6 is 0 Å². The Morgan fingerprint density at radius 2 is 1.86 bits per heavy atom. The van der Waals surface area contributed by atoms with Crippen molar-refractivity contribution in [3.05, 3.63) is 54.4 Å². The zero-order valence-electron chi connectivity index (χ0n) is 16.4. The highest BCUT2D eigenvalue weighted by atomic mass is 16.5. The normalized spacial score (nSPS) is 13.9. The van der Waals surface area contributed by atoms with Crippen molar-refractivity contribution >= 4 is 17.5 Å². The fourth-order valence-electron chi connectivity index (χ4n) is 3.34. The molecule has 0 unspecified atom stereocenters. The number of carbonyl (C=O) groups is 2. The van der Waals surface area contributed by atoms with Gasteiger partial charge in [0.25, 0.3) is 0 Å². The summed E-state index contributed by atoms with van der Waals surface area (Å²) in [5, 5.41) is 0. The summed E-state index contributed by atoms with van der Waals surface area (Å²) >= 11 is 0. The zero-order chi connectivity index (χ0) is 19.9. The molecule has 0 aliphatic carbocycles. The Labute approximate surface area is 165 Å². The van der Waals surface area contributed by atoms with E-state index in [1.807, 2.05) is 41.3 Å². The van der Waals surface area contributed by atoms with E-state index < -0.39 is 0 Å². The smallest absolute Gasteiger partial charge is 0.242 e. The van der Waals surface area contributed by atoms with E-state index >= 15 is 0 Å². The summed E-state index contributed by atoms with van der Waals surface area (Å²) in [5.41, 5.74) is 1.95. The quantitative estimate of drug-likeness (QED) is 0.762. The molecule has 0 N–H and O–H groups in total. The molecule has 7 nitrogen and oxygen atoms in total. The summed E-state index contributed by atoms with van der Waals surface area (Å²) in [5.74, 6) is 0.685. The summed E-state index contributed by atoms with van der Waals surface area (Å²) in [6, 6.07) is 11.6. The van der Waals surface area contributed by atoms with Crippen LogP contribution in [0.15, 0.2) is 48.8 Å². The van der Waals surface area contributed by atoms with Gasteiger partial charge in [-0.3, -0.25) is 14.6 Å². The lowest BCUT2D eigenvalue weighted by molar-refractivity contribution is -0.140. The van der Waals surface area contributed by atoms with Gasteiger partial charge in [0.15, 0.2) is 0 Å². The molecule has 2 amide bonds. The van der Waals surface area contributed by atoms with Crippen LogP contribution in [-0.4, -0.2) is 66.4 Å². The second-order valence-corrected chi connectivity index (χ2v) is 6.78. The van der Waals surface area contributed by atoms with Crippen LogP contribution in [0.1, 0.15) is 12.5 Å². The number of piperazine rings is 1. The highest BCUT2D eigenvalue weighted by molar-refractivity contribution is 5.84. The molecule has 1 aromatic carbocycles. The fourth-order valence-corrected chi connectivity index (χ4v) is 3.34. The number of methoxy groups -OCH3 is 1. The minimum atomic E-state index is -0.120. The standard InChI is InChI=1S/C21H26N4O3/c1-17(26)25(15-18-6-5-9-22-14-18)16-21(27)24-12-10-23(11-13-24)19-7-3-4-8-20(19)28-2/h3-9,14H,10-13,15-16H2,1-2H3. The first kappa shape index (κ1) is 19.7. The van der Waals surface area contributed by atoms with Gasteiger partial charge in [0, 0.05) is 52.0 Å². The highest BCUT2D eigenvalue weighted by Crippen LogP contribution is 2.28. The van der Waals surface area contributed by atoms with E-state index in [1.165, 1.54) is 6.92 Å². The maximum absolute atomic E-state index is 12.7. The van der Waals surface area contributed by atoms with E-state index in [0.717, 1.165) is 30.1 Å². The third-order valence-electron chi connectivity index (χ3n) is 4.93. The molecule has 3 rings (SSSR count). The Morgan fingerprint density at radius 1 is 1.11 bits per heavy atom. The van der Waals surface area contributed by atoms with Gasteiger partial charge in [-0.15, -0.1) is 0 Å². The summed E-state index contributed by atoms with van der Waals surface area (Å²) in [6.45, 7) is 4.66. The van der Waals surface area contributed by atoms with Crippen LogP contribution in [-0.2, 0) is 16.1 Å². The third kappa shape index (κ3) is 4.79. The number of ether oxygens (including phenoxy) is 1. The number of rotatable bonds is 6. The average molecular weight is 382 g/mol. The maximum atomic E-state index is 12.7. The minimum Gasteiger partial charge on any atom is -0.495 e. The lowest BCUT2D eigenvalue weighted by atomic mass is 10.2. The monoisotopic (exact) mass is 382 g/mol. The molecule has 1 aliphatic heterocycles. The predicted molar refractivity (Wildman–Crippen MR) is 107 cm³/mol. The van der Waals surface area contributed by atoms with Crippen molar-refractivity contribution in [3.8, 4) is 5.75 Å². The van der Waals surface area contributed by atoms with Gasteiger partial charge in [-0.1, -0.05) is 18.2 Å². The van der Waals surface area contributed by atoms with Gasteiger partial charge in [0.2, 0.25) is 11.8 Å². The van der Waals surface area contributed by atoms with Gasteiger partial charge in [-0.25, -0.2) is 0 Å². The minimum absolute atomic E-state index is 0.0289. The maximum Gasteiger partial charge on any atom is 0.242 e. The van der Waals surface area contributed by atoms with Crippen molar-refractivity contribution in [2.75, 3.05) is 44.7 Å². The van der Waals surface area contributed by atoms with Crippen molar-refractivity contribution in [3.63, 3.8) is 0 Å². The number of aromatic nitrogens is 1. The number of hydrogen-bond acceptors (Lipinski definition) is 5. The van der Waals surface area contributed by atoms with Gasteiger partial charge in [-0.2, -0.15) is 0 Å². The summed E-state index contributed by atoms with van der Waals surface area (Å²) in [4.78, 5) is 34.4. The van der Waals surface area contributed by atoms with Gasteiger partial charge in [-0.05, 0) is 23.8 Å². The van der Waals surface area contributed by atoms with E-state index in [-0.39, 0.29) is 18.4 Å². The van der Waals surface area contributed by atoms with E-state index in [9.17, 15) is 9.59 Å². The first-order valence-corrected chi connectivity index (χ1v) is 9.38. The zero-order valence-corrected chi connectivity index (χ0v) is 16.4. The molecule has 7 heteroatoms. The largest absolute Gasteiger partial charge is 0.495 e. The molecule has 0 atom stereocenters. The number of amides is 2. The first-order valence-electron chi connectivity index (χ1n) is 9.38. The molecule has 28 heavy (non-hydrogen) atoms. The molecule has 2 heterocycles. The summed E-state index contributed by atoms with van der Waals surface area (Å²) in [6.07, 6.45) is 3.40.